The van der Waals surface area contributed by atoms with Crippen molar-refractivity contribution in [2.24, 2.45) is 0 Å². The van der Waals surface area contributed by atoms with Crippen molar-refractivity contribution in [3.8, 4) is 17.8 Å². The molecule has 1 heterocycles. The van der Waals surface area contributed by atoms with E-state index < -0.39 is 72.3 Å². The van der Waals surface area contributed by atoms with Crippen molar-refractivity contribution in [3.05, 3.63) is 68.6 Å². The molecule has 0 spiro atoms. The number of carboxylic acid groups (broad SMARTS) is 1. The van der Waals surface area contributed by atoms with Gasteiger partial charge in [0.25, 0.3) is 0 Å². The van der Waals surface area contributed by atoms with E-state index in [0.717, 1.165) is 12.1 Å². The normalized spacial score (nSPS) is 15.6. The fraction of sp³-hybridized carbons (Fsp3) is 0.174. The third-order valence-electron chi connectivity index (χ3n) is 6.02. The number of nitriles is 2. The summed E-state index contributed by atoms with van der Waals surface area (Å²) in [6.45, 7) is -0.562. The lowest BCUT2D eigenvalue weighted by molar-refractivity contribution is -0.140. The molecular weight excluding hydrogens is 627 g/mol. The van der Waals surface area contributed by atoms with Crippen LogP contribution >= 0.6 is 33.4 Å². The monoisotopic (exact) mass is 639 g/mol. The van der Waals surface area contributed by atoms with Crippen molar-refractivity contribution in [2.45, 2.75) is 29.8 Å². The second-order valence-electron chi connectivity index (χ2n) is 8.81. The number of benzene rings is 2. The molecule has 1 saturated carbocycles. The third-order valence-corrected chi connectivity index (χ3v) is 7.72. The van der Waals surface area contributed by atoms with E-state index in [-0.39, 0.29) is 41.7 Å². The quantitative estimate of drug-likeness (QED) is 0.254. The molecule has 1 amide bonds. The number of amides is 1. The number of nitrogens with zero attached hydrogens (tertiary/aromatic N) is 4. The number of ether oxygens (including phenoxy) is 1. The van der Waals surface area contributed by atoms with Crippen molar-refractivity contribution in [1.82, 2.24) is 9.78 Å². The Bertz CT molecular complexity index is 1710. The molecule has 0 bridgehead atoms. The number of carboxylic acids is 1. The summed E-state index contributed by atoms with van der Waals surface area (Å²) in [5, 5.41) is 32.3. The molecule has 4 rings (SSSR count). The number of aromatic nitrogens is 2. The second kappa shape index (κ2) is 9.20. The van der Waals surface area contributed by atoms with Gasteiger partial charge in [-0.1, -0.05) is 48.7 Å². The Morgan fingerprint density at radius 2 is 1.71 bits per heavy atom. The molecule has 9 nitrogen and oxygen atoms in total. The maximum Gasteiger partial charge on any atom is 0.413 e. The molecule has 1 aromatic heterocycles. The molecule has 41 heavy (non-hydrogen) atoms. The van der Waals surface area contributed by atoms with E-state index >= 15 is 0 Å². The Kier molecular flexibility index (Phi) is 6.70. The molecular formula is C23H13Cl2F6N5O4S. The highest BCUT2D eigenvalue weighted by Crippen LogP contribution is 3.02. The lowest BCUT2D eigenvalue weighted by Gasteiger charge is -2.40. The van der Waals surface area contributed by atoms with E-state index in [4.69, 9.17) is 33.2 Å². The van der Waals surface area contributed by atoms with E-state index in [2.05, 4.69) is 10.4 Å². The zero-order valence-electron chi connectivity index (χ0n) is 19.9. The lowest BCUT2D eigenvalue weighted by Crippen LogP contribution is -2.24. The number of aliphatic carboxylic acids is 1. The first-order valence-corrected chi connectivity index (χ1v) is 13.6. The van der Waals surface area contributed by atoms with Crippen molar-refractivity contribution in [3.63, 3.8) is 0 Å². The minimum absolute atomic E-state index is 0.0262. The number of halogens is 8. The molecule has 1 aliphatic carbocycles. The van der Waals surface area contributed by atoms with Crippen molar-refractivity contribution < 1.29 is 43.3 Å². The lowest BCUT2D eigenvalue weighted by atomic mass is 9.95. The summed E-state index contributed by atoms with van der Waals surface area (Å²) in [5.74, 6) is -2.92. The summed E-state index contributed by atoms with van der Waals surface area (Å²) >= 11 is 11.8. The number of rotatable bonds is 7. The van der Waals surface area contributed by atoms with Crippen LogP contribution in [0.3, 0.4) is 0 Å². The molecule has 0 aliphatic heterocycles. The smallest absolute Gasteiger partial charge is 0.413 e. The van der Waals surface area contributed by atoms with Gasteiger partial charge >= 0.3 is 22.3 Å². The summed E-state index contributed by atoms with van der Waals surface area (Å²) in [5.41, 5.74) is -3.55. The predicted octanol–water partition coefficient (Wildman–Crippen LogP) is 7.58. The topological polar surface area (TPSA) is 141 Å². The summed E-state index contributed by atoms with van der Waals surface area (Å²) in [6, 6.07) is 6.31. The largest absolute Gasteiger partial charge is 0.481 e. The highest BCUT2D eigenvalue weighted by atomic mass is 35.5. The van der Waals surface area contributed by atoms with E-state index in [9.17, 15) is 43.8 Å². The predicted molar refractivity (Wildman–Crippen MR) is 133 cm³/mol. The van der Waals surface area contributed by atoms with Gasteiger partial charge in [0.05, 0.1) is 26.6 Å². The second-order valence-corrected chi connectivity index (χ2v) is 12.0. The first-order chi connectivity index (χ1) is 18.8. The van der Waals surface area contributed by atoms with Crippen LogP contribution in [0.25, 0.3) is 5.69 Å². The van der Waals surface area contributed by atoms with E-state index in [1.54, 1.807) is 12.1 Å². The fourth-order valence-electron chi connectivity index (χ4n) is 3.91. The zero-order chi connectivity index (χ0) is 30.6. The number of hydrogen-bond acceptors (Lipinski definition) is 6. The molecule has 1 aliphatic rings. The summed E-state index contributed by atoms with van der Waals surface area (Å²) in [7, 11) is -10.2. The number of nitrogens with one attached hydrogen (secondary N) is 1. The third kappa shape index (κ3) is 5.72. The van der Waals surface area contributed by atoms with Crippen molar-refractivity contribution >= 4 is 51.3 Å². The molecule has 3 aromatic rings. The molecule has 1 fully saturated rings. The van der Waals surface area contributed by atoms with Crippen LogP contribution in [0.2, 0.25) is 10.0 Å². The maximum atomic E-state index is 13.9. The molecule has 0 atom stereocenters. The van der Waals surface area contributed by atoms with Crippen LogP contribution in [0.1, 0.15) is 35.2 Å². The van der Waals surface area contributed by atoms with Crippen LogP contribution in [-0.4, -0.2) is 26.9 Å². The van der Waals surface area contributed by atoms with Crippen LogP contribution in [0.4, 0.5) is 34.4 Å². The van der Waals surface area contributed by atoms with Gasteiger partial charge in [0.2, 0.25) is 0 Å². The van der Waals surface area contributed by atoms with Crippen LogP contribution < -0.4 is 5.32 Å². The summed E-state index contributed by atoms with van der Waals surface area (Å²) in [4.78, 5) is 22.4. The van der Waals surface area contributed by atoms with Crippen LogP contribution in [0, 0.1) is 28.5 Å². The number of carbonyl (C=O) groups is 2. The standard InChI is InChI=1S/C23H13Cl2F6N5O4S/c24-14-6-13(41(27,28,29,30)31)7-15(25)19(14)36-20(18(17(9-33)35-36)23(3-4-23)21(37)38)34-22(39)40-10-11-1-2-12(8-32)16(26)5-11/h1-2,5-7H,3-4,10H2,(H,34,39)(H,37,38). The first-order valence-electron chi connectivity index (χ1n) is 10.9. The van der Waals surface area contributed by atoms with E-state index in [0.29, 0.717) is 4.68 Å². The molecule has 2 aromatic carbocycles. The molecule has 0 saturated heterocycles. The van der Waals surface area contributed by atoms with Gasteiger partial charge in [0.1, 0.15) is 41.0 Å². The Balaban J connectivity index is 1.81. The number of hydrogen-bond donors (Lipinski definition) is 2. The maximum absolute atomic E-state index is 13.9. The average molecular weight is 640 g/mol. The van der Waals surface area contributed by atoms with E-state index in [1.807, 2.05) is 0 Å². The number of carbonyl (C=O) groups excluding carboxylic acids is 1. The minimum Gasteiger partial charge on any atom is -0.481 e. The van der Waals surface area contributed by atoms with Gasteiger partial charge in [-0.3, -0.25) is 10.1 Å². The Hall–Kier alpha value is -4.12. The Morgan fingerprint density at radius 1 is 1.10 bits per heavy atom. The molecule has 2 N–H and O–H groups in total. The van der Waals surface area contributed by atoms with Crippen LogP contribution in [0.15, 0.2) is 35.2 Å². The highest BCUT2D eigenvalue weighted by Gasteiger charge is 2.66. The van der Waals surface area contributed by atoms with Crippen molar-refractivity contribution in [1.29, 1.82) is 10.5 Å². The molecule has 216 valence electrons. The number of anilines is 1. The van der Waals surface area contributed by atoms with Gasteiger partial charge < -0.3 is 9.84 Å². The van der Waals surface area contributed by atoms with Gasteiger partial charge in [-0.25, -0.2) is 13.9 Å². The zero-order valence-corrected chi connectivity index (χ0v) is 22.2. The molecule has 18 heteroatoms. The highest BCUT2D eigenvalue weighted by molar-refractivity contribution is 8.45. The van der Waals surface area contributed by atoms with Gasteiger partial charge in [-0.15, -0.1) is 0 Å². The van der Waals surface area contributed by atoms with Gasteiger partial charge in [-0.05, 0) is 42.7 Å². The Morgan fingerprint density at radius 3 is 2.17 bits per heavy atom. The van der Waals surface area contributed by atoms with Gasteiger partial charge in [-0.2, -0.15) is 15.6 Å². The van der Waals surface area contributed by atoms with Gasteiger partial charge in [0, 0.05) is 0 Å². The fourth-order valence-corrected chi connectivity index (χ4v) is 5.37. The summed E-state index contributed by atoms with van der Waals surface area (Å²) in [6.07, 6.45) is -1.37. The van der Waals surface area contributed by atoms with Crippen molar-refractivity contribution in [2.75, 3.05) is 5.32 Å². The molecule has 0 radical (unpaired) electrons. The average Bonchev–Trinajstić information content (AvgIpc) is 3.58. The first kappa shape index (κ1) is 29.9. The molecule has 0 unspecified atom stereocenters. The summed E-state index contributed by atoms with van der Waals surface area (Å²) < 4.78 is 86.4. The van der Waals surface area contributed by atoms with E-state index in [1.165, 1.54) is 6.07 Å². The minimum atomic E-state index is -10.2. The van der Waals surface area contributed by atoms with Crippen LogP contribution in [-0.2, 0) is 21.6 Å². The Labute approximate surface area is 236 Å². The SMILES string of the molecule is N#Cc1ccc(COC(=O)Nc2c(C3(C(=O)O)CC3)c(C#N)nn2-c2c(Cl)cc(S(F)(F)(F)(F)F)cc2Cl)cc1F. The van der Waals surface area contributed by atoms with Crippen LogP contribution in [0.5, 0.6) is 0 Å². The van der Waals surface area contributed by atoms with Gasteiger partial charge in [0.15, 0.2) is 5.69 Å².